The summed E-state index contributed by atoms with van der Waals surface area (Å²) in [5.74, 6) is -8.10. The molecule has 2 spiro atoms. The van der Waals surface area contributed by atoms with E-state index in [1.54, 1.807) is 34.6 Å². The zero-order chi connectivity index (χ0) is 65.2. The minimum absolute atomic E-state index is 0.0587. The summed E-state index contributed by atoms with van der Waals surface area (Å²) in [6.07, 6.45) is -37.4. The predicted molar refractivity (Wildman–Crippen MR) is 288 cm³/mol. The molecule has 32 nitrogen and oxygen atoms in total. The molecule has 0 bridgehead atoms. The van der Waals surface area contributed by atoms with E-state index in [1.807, 2.05) is 0 Å². The van der Waals surface area contributed by atoms with Crippen LogP contribution in [0.4, 0.5) is 0 Å². The van der Waals surface area contributed by atoms with E-state index < -0.39 is 231 Å². The lowest BCUT2D eigenvalue weighted by Gasteiger charge is -2.49. The number of hydrogen-bond donors (Lipinski definition) is 10. The second kappa shape index (κ2) is 25.7. The van der Waals surface area contributed by atoms with E-state index in [0.29, 0.717) is 0 Å². The first-order chi connectivity index (χ1) is 42.3. The van der Waals surface area contributed by atoms with Gasteiger partial charge in [-0.3, -0.25) is 9.59 Å². The maximum Gasteiger partial charge on any atom is 0.342 e. The van der Waals surface area contributed by atoms with Crippen molar-refractivity contribution in [2.75, 3.05) is 20.0 Å². The van der Waals surface area contributed by atoms with E-state index in [0.717, 1.165) is 6.07 Å². The van der Waals surface area contributed by atoms with Crippen LogP contribution in [0, 0.1) is 12.8 Å². The lowest BCUT2D eigenvalue weighted by Crippen LogP contribution is -2.72. The van der Waals surface area contributed by atoms with Gasteiger partial charge in [0.1, 0.15) is 103 Å². The van der Waals surface area contributed by atoms with E-state index in [1.165, 1.54) is 34.6 Å². The number of Topliss-reactive ketones (excluding diaryl/α,β-unsaturated/α-hetero) is 1. The number of phenols is 2. The van der Waals surface area contributed by atoms with Crippen LogP contribution < -0.4 is 0 Å². The molecule has 10 aliphatic heterocycles. The van der Waals surface area contributed by atoms with Crippen molar-refractivity contribution in [2.24, 2.45) is 5.92 Å². The highest BCUT2D eigenvalue weighted by molar-refractivity contribution is 6.33. The number of rotatable bonds is 14. The number of hydrogen-bond acceptors (Lipinski definition) is 32. The summed E-state index contributed by atoms with van der Waals surface area (Å²) >= 11 is 6.09. The number of esters is 2. The summed E-state index contributed by atoms with van der Waals surface area (Å²) in [5, 5.41) is 112. The molecule has 10 saturated heterocycles. The zero-order valence-corrected chi connectivity index (χ0v) is 51.6. The van der Waals surface area contributed by atoms with Gasteiger partial charge in [-0.15, -0.1) is 0 Å². The van der Waals surface area contributed by atoms with Gasteiger partial charge in [-0.1, -0.05) is 25.4 Å². The Morgan fingerprint density at radius 3 is 2.03 bits per heavy atom. The van der Waals surface area contributed by atoms with Gasteiger partial charge in [0.25, 0.3) is 5.97 Å². The topological polar surface area (TPSA) is 429 Å². The van der Waals surface area contributed by atoms with Gasteiger partial charge in [0.05, 0.1) is 73.3 Å². The molecule has 1 aromatic rings. The number of phenolic OH excluding ortho intramolecular Hbond substituents is 2. The zero-order valence-electron chi connectivity index (χ0n) is 50.8. The Morgan fingerprint density at radius 2 is 1.36 bits per heavy atom. The van der Waals surface area contributed by atoms with Crippen LogP contribution in [-0.4, -0.2) is 278 Å². The third-order valence-corrected chi connectivity index (χ3v) is 18.9. The molecule has 11 rings (SSSR count). The number of aliphatic hydroxyl groups excluding tert-OH is 7. The van der Waals surface area contributed by atoms with Crippen molar-refractivity contribution in [2.45, 2.75) is 277 Å². The van der Waals surface area contributed by atoms with Crippen LogP contribution in [0.5, 0.6) is 11.5 Å². The molecule has 0 aromatic heterocycles. The van der Waals surface area contributed by atoms with Gasteiger partial charge in [-0.05, 0) is 61.0 Å². The number of fused-ring (bicyclic) bond motifs is 4. The Morgan fingerprint density at radius 1 is 0.667 bits per heavy atom. The van der Waals surface area contributed by atoms with Gasteiger partial charge in [0.15, 0.2) is 54.9 Å². The van der Waals surface area contributed by atoms with Gasteiger partial charge in [-0.2, -0.15) is 0 Å². The van der Waals surface area contributed by atoms with Crippen molar-refractivity contribution in [3.8, 4) is 11.5 Å². The van der Waals surface area contributed by atoms with Gasteiger partial charge < -0.3 is 141 Å². The van der Waals surface area contributed by atoms with E-state index in [-0.39, 0.29) is 48.8 Å². The lowest BCUT2D eigenvalue weighted by molar-refractivity contribution is -0.428. The molecule has 10 N–H and O–H groups in total. The largest absolute Gasteiger partial charge is 0.507 e. The maximum absolute atomic E-state index is 13.3. The number of ketones is 1. The molecule has 508 valence electrons. The Hall–Kier alpha value is -3.28. The van der Waals surface area contributed by atoms with E-state index in [2.05, 4.69) is 0 Å². The number of halogens is 1. The first kappa shape index (κ1) is 68.1. The fourth-order valence-electron chi connectivity index (χ4n) is 13.7. The normalized spacial score (nSPS) is 49.3. The standard InChI is InChI=1S/C57H81ClO32/c1-18(2)49(69)82-45-43-31(87-57(88-43)48-47(73-17-74-48)56(71,24(8)60)25(9)86-57)16-72-53(45)84-51-38(67)37(66)42(30(15-59)78-51)83-52-39(68)44(36(65)20(4)77-52)80-33-14-54(10)46(23(7)76-33)89-55(90-54)13-29(64)41(22(6)85-55)79-32-12-28(63)40(21(5)75-32)81-50(70)34-19(3)35(58)27(62)11-26(34)61/h11,18,20-23,25,28-33,36-48,51-53,59,61-68,71H,12-17H2,1-10H3/t20-,21-,22-,23-,25-,28-,29-,30-,31+,32+,33+,36+,37-,38+,39-,40-,41-,42-,43-,44+,45-,46-,47-,48-,51+,52+,53-,54-,55?,56+,57-/m1/s1. The smallest absolute Gasteiger partial charge is 0.342 e. The fraction of sp³-hybridized carbons (Fsp3) is 0.842. The van der Waals surface area contributed by atoms with E-state index >= 15 is 0 Å². The summed E-state index contributed by atoms with van der Waals surface area (Å²) in [7, 11) is 0. The van der Waals surface area contributed by atoms with Crippen molar-refractivity contribution in [1.29, 1.82) is 0 Å². The van der Waals surface area contributed by atoms with Gasteiger partial charge in [0.2, 0.25) is 6.29 Å². The van der Waals surface area contributed by atoms with Crippen molar-refractivity contribution in [1.82, 2.24) is 0 Å². The first-order valence-corrected chi connectivity index (χ1v) is 30.4. The van der Waals surface area contributed by atoms with Crippen LogP contribution in [0.25, 0.3) is 0 Å². The fourth-order valence-corrected chi connectivity index (χ4v) is 13.8. The minimum atomic E-state index is -2.15. The number of benzene rings is 1. The summed E-state index contributed by atoms with van der Waals surface area (Å²) in [6.45, 7) is 13.6. The Kier molecular flexibility index (Phi) is 19.5. The third kappa shape index (κ3) is 12.2. The quantitative estimate of drug-likeness (QED) is 0.0913. The number of carbonyl (C=O) groups is 3. The van der Waals surface area contributed by atoms with Crippen LogP contribution in [0.2, 0.25) is 5.02 Å². The monoisotopic (exact) mass is 1310 g/mol. The van der Waals surface area contributed by atoms with Crippen LogP contribution in [0.15, 0.2) is 6.07 Å². The molecule has 0 saturated carbocycles. The highest BCUT2D eigenvalue weighted by Crippen LogP contribution is 2.53. The second-order valence-electron chi connectivity index (χ2n) is 25.2. The molecule has 10 aliphatic rings. The Balaban J connectivity index is 0.701. The second-order valence-corrected chi connectivity index (χ2v) is 25.6. The molecule has 31 atom stereocenters. The van der Waals surface area contributed by atoms with Crippen molar-refractivity contribution >= 4 is 29.3 Å². The first-order valence-electron chi connectivity index (χ1n) is 30.1. The summed E-state index contributed by atoms with van der Waals surface area (Å²) < 4.78 is 116. The van der Waals surface area contributed by atoms with Crippen molar-refractivity contribution in [3.63, 3.8) is 0 Å². The van der Waals surface area contributed by atoms with Crippen LogP contribution in [-0.2, 0) is 99.6 Å². The molecule has 33 heteroatoms. The van der Waals surface area contributed by atoms with Gasteiger partial charge >= 0.3 is 17.9 Å². The molecule has 0 radical (unpaired) electrons. The molecule has 10 fully saturated rings. The van der Waals surface area contributed by atoms with Crippen LogP contribution in [0.3, 0.4) is 0 Å². The average Bonchev–Trinajstić information content (AvgIpc) is 1.53. The highest BCUT2D eigenvalue weighted by Gasteiger charge is 2.73. The third-order valence-electron chi connectivity index (χ3n) is 18.5. The van der Waals surface area contributed by atoms with Gasteiger partial charge in [0, 0.05) is 18.9 Å². The summed E-state index contributed by atoms with van der Waals surface area (Å²) in [5.41, 5.74) is -3.66. The molecular weight excluding hydrogens is 1230 g/mol. The molecule has 1 unspecified atom stereocenters. The Labute approximate surface area is 520 Å². The Bertz CT molecular complexity index is 2760. The summed E-state index contributed by atoms with van der Waals surface area (Å²) in [4.78, 5) is 39.2. The number of aromatic hydroxyl groups is 2. The molecule has 0 amide bonds. The number of ether oxygens (including phenoxy) is 19. The molecule has 0 aliphatic carbocycles. The van der Waals surface area contributed by atoms with Gasteiger partial charge in [-0.25, -0.2) is 4.79 Å². The minimum Gasteiger partial charge on any atom is -0.507 e. The van der Waals surface area contributed by atoms with Crippen LogP contribution >= 0.6 is 11.6 Å². The predicted octanol–water partition coefficient (Wildman–Crippen LogP) is -1.87. The molecule has 90 heavy (non-hydrogen) atoms. The van der Waals surface area contributed by atoms with Crippen molar-refractivity contribution in [3.05, 3.63) is 22.2 Å². The maximum atomic E-state index is 13.3. The average molecular weight is 1310 g/mol. The molecule has 10 heterocycles. The van der Waals surface area contributed by atoms with E-state index in [4.69, 9.17) is 102 Å². The highest BCUT2D eigenvalue weighted by atomic mass is 35.5. The van der Waals surface area contributed by atoms with Crippen LogP contribution in [0.1, 0.15) is 97.5 Å². The number of aliphatic hydroxyl groups is 8. The molecule has 1 aromatic carbocycles. The van der Waals surface area contributed by atoms with Crippen molar-refractivity contribution < 1.29 is 155 Å². The SMILES string of the molecule is CC(=O)[C@@]1(O)[C@@H]2OCO[C@H]2[C@@]2(O[C@H]3[C@@H](OC(=O)C(C)C)[C@@H](O[C@@H]4O[C@H](CO)[C@@H](O[C@@H]5O[C@H](C)[C@H](O)[C@H](O[C@H]6C[C@@]7(C)OC8(C[C@@H](O)[C@H](O[C@H]9C[C@@H](O)[C@H](OC(=O)c%10c(O)cc(O)c(Cl)c%10C)[C@@H](C)O9)[C@@H](C)O8)O[C@@H]7[C@@H](C)O6)[C@H]5O)[C@H](O)[C@@H]4O)OC[C@@H]3O2)O[C@@H]1C. The van der Waals surface area contributed by atoms with E-state index in [9.17, 15) is 65.4 Å². The molecular formula is C57H81ClO32. The lowest BCUT2D eigenvalue weighted by atomic mass is 9.81. The summed E-state index contributed by atoms with van der Waals surface area (Å²) in [6, 6.07) is 0.898. The number of carbonyl (C=O) groups excluding carboxylic acids is 3.